The van der Waals surface area contributed by atoms with Crippen LogP contribution in [0.5, 0.6) is 0 Å². The van der Waals surface area contributed by atoms with E-state index in [-0.39, 0.29) is 5.97 Å². The summed E-state index contributed by atoms with van der Waals surface area (Å²) in [6.45, 7) is 3.80. The van der Waals surface area contributed by atoms with Crippen molar-refractivity contribution in [1.29, 1.82) is 0 Å². The highest BCUT2D eigenvalue weighted by molar-refractivity contribution is 6.30. The van der Waals surface area contributed by atoms with Gasteiger partial charge in [-0.2, -0.15) is 0 Å². The lowest BCUT2D eigenvalue weighted by Gasteiger charge is -2.30. The molecule has 1 aliphatic rings. The second kappa shape index (κ2) is 2.99. The zero-order chi connectivity index (χ0) is 10.3. The lowest BCUT2D eigenvalue weighted by molar-refractivity contribution is -0.00646. The van der Waals surface area contributed by atoms with Crippen LogP contribution in [0.25, 0.3) is 0 Å². The summed E-state index contributed by atoms with van der Waals surface area (Å²) in [5, 5.41) is 0.661. The van der Waals surface area contributed by atoms with E-state index in [2.05, 4.69) is 0 Å². The third kappa shape index (κ3) is 1.62. The average molecular weight is 211 g/mol. The van der Waals surface area contributed by atoms with Gasteiger partial charge in [-0.25, -0.2) is 4.79 Å². The van der Waals surface area contributed by atoms with Gasteiger partial charge < -0.3 is 4.74 Å². The Kier molecular flexibility index (Phi) is 2.04. The number of ether oxygens (including phenoxy) is 1. The van der Waals surface area contributed by atoms with Crippen LogP contribution in [0.1, 0.15) is 29.8 Å². The maximum absolute atomic E-state index is 11.5. The molecule has 2 rings (SSSR count). The number of fused-ring (bicyclic) bond motifs is 1. The monoisotopic (exact) mass is 210 g/mol. The maximum atomic E-state index is 11.5. The Balaban J connectivity index is 2.51. The first-order chi connectivity index (χ1) is 6.48. The molecule has 14 heavy (non-hydrogen) atoms. The number of benzene rings is 1. The average Bonchev–Trinajstić information content (AvgIpc) is 2.00. The third-order valence-electron chi connectivity index (χ3n) is 2.27. The number of hydrogen-bond donors (Lipinski definition) is 0. The van der Waals surface area contributed by atoms with Crippen LogP contribution >= 0.6 is 11.6 Å². The van der Waals surface area contributed by atoms with Gasteiger partial charge >= 0.3 is 5.97 Å². The van der Waals surface area contributed by atoms with Gasteiger partial charge in [-0.15, -0.1) is 0 Å². The van der Waals surface area contributed by atoms with E-state index in [1.807, 2.05) is 19.9 Å². The summed E-state index contributed by atoms with van der Waals surface area (Å²) in [6.07, 6.45) is 0.717. The molecule has 74 valence electrons. The lowest BCUT2D eigenvalue weighted by Crippen LogP contribution is -2.35. The van der Waals surface area contributed by atoms with Crippen molar-refractivity contribution in [1.82, 2.24) is 0 Å². The number of cyclic esters (lactones) is 1. The molecule has 0 saturated heterocycles. The Labute approximate surface area is 87.8 Å². The summed E-state index contributed by atoms with van der Waals surface area (Å²) >= 11 is 5.87. The fourth-order valence-corrected chi connectivity index (χ4v) is 1.90. The number of hydrogen-bond acceptors (Lipinski definition) is 2. The molecule has 0 unspecified atom stereocenters. The van der Waals surface area contributed by atoms with E-state index in [1.165, 1.54) is 0 Å². The molecule has 1 aromatic carbocycles. The van der Waals surface area contributed by atoms with Crippen molar-refractivity contribution in [2.24, 2.45) is 0 Å². The molecule has 0 aliphatic carbocycles. The van der Waals surface area contributed by atoms with Gasteiger partial charge in [0.2, 0.25) is 0 Å². The minimum absolute atomic E-state index is 0.257. The molecular weight excluding hydrogens is 200 g/mol. The quantitative estimate of drug-likeness (QED) is 0.616. The van der Waals surface area contributed by atoms with Crippen molar-refractivity contribution in [3.8, 4) is 0 Å². The summed E-state index contributed by atoms with van der Waals surface area (Å²) in [6, 6.07) is 5.26. The van der Waals surface area contributed by atoms with Gasteiger partial charge in [0.25, 0.3) is 0 Å². The highest BCUT2D eigenvalue weighted by atomic mass is 35.5. The van der Waals surface area contributed by atoms with Gasteiger partial charge in [-0.3, -0.25) is 0 Å². The Bertz CT molecular complexity index is 396. The zero-order valence-electron chi connectivity index (χ0n) is 8.13. The predicted molar refractivity (Wildman–Crippen MR) is 54.7 cm³/mol. The summed E-state index contributed by atoms with van der Waals surface area (Å²) in [4.78, 5) is 11.5. The van der Waals surface area contributed by atoms with Gasteiger partial charge in [-0.1, -0.05) is 11.6 Å². The predicted octanol–water partition coefficient (Wildman–Crippen LogP) is 2.83. The molecule has 1 heterocycles. The topological polar surface area (TPSA) is 26.3 Å². The van der Waals surface area contributed by atoms with E-state index >= 15 is 0 Å². The summed E-state index contributed by atoms with van der Waals surface area (Å²) < 4.78 is 5.26. The van der Waals surface area contributed by atoms with Gasteiger partial charge in [0, 0.05) is 11.4 Å². The van der Waals surface area contributed by atoms with Gasteiger partial charge in [-0.05, 0) is 37.6 Å². The molecule has 1 aromatic rings. The molecule has 0 aromatic heterocycles. The highest BCUT2D eigenvalue weighted by Crippen LogP contribution is 2.29. The molecule has 0 N–H and O–H groups in total. The van der Waals surface area contributed by atoms with Gasteiger partial charge in [0.05, 0.1) is 5.56 Å². The Morgan fingerprint density at radius 3 is 2.86 bits per heavy atom. The summed E-state index contributed by atoms with van der Waals surface area (Å²) in [7, 11) is 0. The number of carbonyl (C=O) groups is 1. The minimum atomic E-state index is -0.422. The van der Waals surface area contributed by atoms with Crippen LogP contribution in [-0.2, 0) is 11.2 Å². The smallest absolute Gasteiger partial charge is 0.338 e. The van der Waals surface area contributed by atoms with Crippen molar-refractivity contribution in [3.63, 3.8) is 0 Å². The minimum Gasteiger partial charge on any atom is -0.456 e. The first kappa shape index (κ1) is 9.53. The van der Waals surface area contributed by atoms with Crippen molar-refractivity contribution in [2.75, 3.05) is 0 Å². The van der Waals surface area contributed by atoms with Gasteiger partial charge in [0.1, 0.15) is 5.60 Å². The van der Waals surface area contributed by atoms with Crippen LogP contribution in [0, 0.1) is 0 Å². The summed E-state index contributed by atoms with van der Waals surface area (Å²) in [5.74, 6) is -0.257. The third-order valence-corrected chi connectivity index (χ3v) is 2.51. The number of halogens is 1. The van der Waals surface area contributed by atoms with E-state index in [0.29, 0.717) is 17.0 Å². The first-order valence-corrected chi connectivity index (χ1v) is 4.87. The van der Waals surface area contributed by atoms with Crippen molar-refractivity contribution in [2.45, 2.75) is 25.9 Å². The molecule has 0 radical (unpaired) electrons. The number of rotatable bonds is 0. The van der Waals surface area contributed by atoms with E-state index in [1.54, 1.807) is 12.1 Å². The Morgan fingerprint density at radius 1 is 1.43 bits per heavy atom. The van der Waals surface area contributed by atoms with E-state index < -0.39 is 5.60 Å². The molecular formula is C11H11ClO2. The molecule has 0 bridgehead atoms. The van der Waals surface area contributed by atoms with Crippen molar-refractivity contribution in [3.05, 3.63) is 34.3 Å². The largest absolute Gasteiger partial charge is 0.456 e. The zero-order valence-corrected chi connectivity index (χ0v) is 8.89. The van der Waals surface area contributed by atoms with Crippen molar-refractivity contribution < 1.29 is 9.53 Å². The van der Waals surface area contributed by atoms with E-state index in [9.17, 15) is 4.79 Å². The second-order valence-corrected chi connectivity index (χ2v) is 4.56. The fourth-order valence-electron chi connectivity index (χ4n) is 1.71. The van der Waals surface area contributed by atoms with Gasteiger partial charge in [0.15, 0.2) is 0 Å². The number of carbonyl (C=O) groups excluding carboxylic acids is 1. The Morgan fingerprint density at radius 2 is 2.14 bits per heavy atom. The van der Waals surface area contributed by atoms with Crippen LogP contribution in [0.15, 0.2) is 18.2 Å². The number of esters is 1. The molecule has 0 amide bonds. The molecule has 2 nitrogen and oxygen atoms in total. The molecule has 0 atom stereocenters. The fraction of sp³-hybridized carbons (Fsp3) is 0.364. The maximum Gasteiger partial charge on any atom is 0.338 e. The SMILES string of the molecule is CC1(C)Cc2cc(Cl)ccc2C(=O)O1. The first-order valence-electron chi connectivity index (χ1n) is 4.50. The molecule has 1 aliphatic heterocycles. The lowest BCUT2D eigenvalue weighted by atomic mass is 9.91. The normalized spacial score (nSPS) is 18.6. The van der Waals surface area contributed by atoms with E-state index in [4.69, 9.17) is 16.3 Å². The van der Waals surface area contributed by atoms with Crippen LogP contribution in [0.4, 0.5) is 0 Å². The standard InChI is InChI=1S/C11H11ClO2/c1-11(2)6-7-5-8(12)3-4-9(7)10(13)14-11/h3-5H,6H2,1-2H3. The molecule has 0 spiro atoms. The van der Waals surface area contributed by atoms with E-state index in [0.717, 1.165) is 5.56 Å². The van der Waals surface area contributed by atoms with Crippen LogP contribution < -0.4 is 0 Å². The molecule has 0 fully saturated rings. The van der Waals surface area contributed by atoms with Crippen LogP contribution in [-0.4, -0.2) is 11.6 Å². The van der Waals surface area contributed by atoms with Crippen molar-refractivity contribution >= 4 is 17.6 Å². The Hall–Kier alpha value is -1.02. The molecule has 3 heteroatoms. The highest BCUT2D eigenvalue weighted by Gasteiger charge is 2.31. The van der Waals surface area contributed by atoms with Crippen LogP contribution in [0.2, 0.25) is 5.02 Å². The van der Waals surface area contributed by atoms with Crippen LogP contribution in [0.3, 0.4) is 0 Å². The summed E-state index contributed by atoms with van der Waals surface area (Å²) in [5.41, 5.74) is 1.18. The second-order valence-electron chi connectivity index (χ2n) is 4.13. The molecule has 0 saturated carbocycles.